The largest absolute Gasteiger partial charge is 0.480 e. The second-order valence-electron chi connectivity index (χ2n) is 2.49. The molecule has 1 atom stereocenters. The van der Waals surface area contributed by atoms with Crippen LogP contribution in [0.3, 0.4) is 0 Å². The van der Waals surface area contributed by atoms with Gasteiger partial charge in [-0.3, -0.25) is 4.79 Å². The van der Waals surface area contributed by atoms with Crippen LogP contribution in [0.2, 0.25) is 0 Å². The molecule has 0 aliphatic rings. The summed E-state index contributed by atoms with van der Waals surface area (Å²) in [6, 6.07) is -1.27. The van der Waals surface area contributed by atoms with Crippen molar-refractivity contribution in [2.24, 2.45) is 0 Å². The fourth-order valence-corrected chi connectivity index (χ4v) is 1.74. The van der Waals surface area contributed by atoms with Gasteiger partial charge in [0.2, 0.25) is 10.0 Å². The number of aliphatic carboxylic acids is 1. The number of carbonyl (C=O) groups is 1. The lowest BCUT2D eigenvalue weighted by Gasteiger charge is -2.10. The number of hydrogen-bond acceptors (Lipinski definition) is 3. The van der Waals surface area contributed by atoms with Gasteiger partial charge in [-0.15, -0.1) is 18.9 Å². The molecular formula is C8H11NO4S. The van der Waals surface area contributed by atoms with Gasteiger partial charge in [0.05, 0.1) is 5.75 Å². The third kappa shape index (κ3) is 4.64. The highest BCUT2D eigenvalue weighted by atomic mass is 32.2. The Kier molecular flexibility index (Phi) is 4.91. The van der Waals surface area contributed by atoms with E-state index in [4.69, 9.17) is 11.5 Å². The Morgan fingerprint density at radius 1 is 1.71 bits per heavy atom. The van der Waals surface area contributed by atoms with Crippen molar-refractivity contribution in [1.29, 1.82) is 0 Å². The van der Waals surface area contributed by atoms with Gasteiger partial charge < -0.3 is 5.11 Å². The van der Waals surface area contributed by atoms with Crippen molar-refractivity contribution in [3.63, 3.8) is 0 Å². The minimum Gasteiger partial charge on any atom is -0.480 e. The molecule has 0 heterocycles. The van der Waals surface area contributed by atoms with Gasteiger partial charge >= 0.3 is 5.97 Å². The number of sulfonamides is 1. The summed E-state index contributed by atoms with van der Waals surface area (Å²) >= 11 is 0. The molecule has 0 spiro atoms. The van der Waals surface area contributed by atoms with Crippen molar-refractivity contribution in [2.75, 3.05) is 5.75 Å². The van der Waals surface area contributed by atoms with Crippen molar-refractivity contribution in [2.45, 2.75) is 12.5 Å². The molecule has 2 N–H and O–H groups in total. The maximum atomic E-state index is 11.1. The fourth-order valence-electron chi connectivity index (χ4n) is 0.717. The number of nitrogens with one attached hydrogen (secondary N) is 1. The summed E-state index contributed by atoms with van der Waals surface area (Å²) < 4.78 is 24.2. The van der Waals surface area contributed by atoms with Gasteiger partial charge in [-0.05, 0) is 0 Å². The average Bonchev–Trinajstić information content (AvgIpc) is 2.02. The molecule has 0 aliphatic heterocycles. The molecule has 0 rings (SSSR count). The van der Waals surface area contributed by atoms with Gasteiger partial charge in [-0.2, -0.15) is 4.72 Å². The van der Waals surface area contributed by atoms with E-state index in [-0.39, 0.29) is 12.2 Å². The van der Waals surface area contributed by atoms with Crippen LogP contribution in [0.1, 0.15) is 6.42 Å². The number of rotatable bonds is 6. The van der Waals surface area contributed by atoms with Gasteiger partial charge in [-0.25, -0.2) is 8.42 Å². The molecule has 0 fully saturated rings. The van der Waals surface area contributed by atoms with Crippen LogP contribution in [0, 0.1) is 12.3 Å². The zero-order valence-electron chi connectivity index (χ0n) is 7.43. The molecule has 6 heteroatoms. The lowest BCUT2D eigenvalue weighted by atomic mass is 10.2. The molecular weight excluding hydrogens is 206 g/mol. The van der Waals surface area contributed by atoms with E-state index in [2.05, 4.69) is 12.5 Å². The maximum Gasteiger partial charge on any atom is 0.322 e. The standard InChI is InChI=1S/C8H11NO4S/c1-3-5-7(8(10)11)9-14(12,13)6-4-2/h1,4,7,9H,2,5-6H2,(H,10,11). The first-order valence-corrected chi connectivity index (χ1v) is 5.35. The highest BCUT2D eigenvalue weighted by Crippen LogP contribution is 1.95. The topological polar surface area (TPSA) is 83.5 Å². The molecule has 0 aliphatic carbocycles. The first-order chi connectivity index (χ1) is 6.43. The van der Waals surface area contributed by atoms with Crippen LogP contribution < -0.4 is 4.72 Å². The van der Waals surface area contributed by atoms with Crippen LogP contribution in [-0.4, -0.2) is 31.3 Å². The van der Waals surface area contributed by atoms with Crippen molar-refractivity contribution < 1.29 is 18.3 Å². The Morgan fingerprint density at radius 3 is 2.64 bits per heavy atom. The normalized spacial score (nSPS) is 12.8. The molecule has 0 bridgehead atoms. The fraction of sp³-hybridized carbons (Fsp3) is 0.375. The van der Waals surface area contributed by atoms with E-state index in [1.165, 1.54) is 0 Å². The van der Waals surface area contributed by atoms with E-state index in [9.17, 15) is 13.2 Å². The van der Waals surface area contributed by atoms with E-state index in [0.29, 0.717) is 0 Å². The first-order valence-electron chi connectivity index (χ1n) is 3.70. The lowest BCUT2D eigenvalue weighted by molar-refractivity contribution is -0.138. The van der Waals surface area contributed by atoms with Gasteiger partial charge in [0.15, 0.2) is 0 Å². The smallest absolute Gasteiger partial charge is 0.322 e. The molecule has 14 heavy (non-hydrogen) atoms. The van der Waals surface area contributed by atoms with Crippen molar-refractivity contribution in [1.82, 2.24) is 4.72 Å². The summed E-state index contributed by atoms with van der Waals surface area (Å²) in [7, 11) is -3.64. The number of hydrogen-bond donors (Lipinski definition) is 2. The Morgan fingerprint density at radius 2 is 2.29 bits per heavy atom. The Labute approximate surface area is 82.9 Å². The molecule has 0 aromatic heterocycles. The zero-order chi connectivity index (χ0) is 11.2. The zero-order valence-corrected chi connectivity index (χ0v) is 8.25. The second-order valence-corrected chi connectivity index (χ2v) is 4.29. The molecule has 0 aromatic carbocycles. The van der Waals surface area contributed by atoms with Crippen LogP contribution in [0.25, 0.3) is 0 Å². The van der Waals surface area contributed by atoms with E-state index in [0.717, 1.165) is 6.08 Å². The summed E-state index contributed by atoms with van der Waals surface area (Å²) in [5.41, 5.74) is 0. The summed E-state index contributed by atoms with van der Waals surface area (Å²) in [4.78, 5) is 10.5. The summed E-state index contributed by atoms with van der Waals surface area (Å²) in [6.45, 7) is 3.24. The van der Waals surface area contributed by atoms with Gasteiger partial charge in [-0.1, -0.05) is 6.08 Å². The average molecular weight is 217 g/mol. The van der Waals surface area contributed by atoms with Crippen LogP contribution in [0.4, 0.5) is 0 Å². The highest BCUT2D eigenvalue weighted by Gasteiger charge is 2.21. The van der Waals surface area contributed by atoms with Crippen LogP contribution >= 0.6 is 0 Å². The maximum absolute atomic E-state index is 11.1. The van der Waals surface area contributed by atoms with E-state index in [1.54, 1.807) is 0 Å². The first kappa shape index (κ1) is 12.7. The number of carboxylic acids is 1. The minimum absolute atomic E-state index is 0.189. The molecule has 0 aromatic rings. The minimum atomic E-state index is -3.64. The number of carboxylic acid groups (broad SMARTS) is 1. The van der Waals surface area contributed by atoms with Gasteiger partial charge in [0.1, 0.15) is 6.04 Å². The number of terminal acetylenes is 1. The van der Waals surface area contributed by atoms with Crippen LogP contribution in [-0.2, 0) is 14.8 Å². The predicted octanol–water partition coefficient (Wildman–Crippen LogP) is -0.432. The molecule has 0 saturated heterocycles. The van der Waals surface area contributed by atoms with Crippen molar-refractivity contribution >= 4 is 16.0 Å². The Balaban J connectivity index is 4.53. The molecule has 78 valence electrons. The van der Waals surface area contributed by atoms with Crippen LogP contribution in [0.15, 0.2) is 12.7 Å². The molecule has 0 saturated carbocycles. The SMILES string of the molecule is C#CCC(NS(=O)(=O)CC=C)C(=O)O. The Bertz CT molecular complexity index is 352. The quantitative estimate of drug-likeness (QED) is 0.467. The van der Waals surface area contributed by atoms with Crippen LogP contribution in [0.5, 0.6) is 0 Å². The lowest BCUT2D eigenvalue weighted by Crippen LogP contribution is -2.41. The van der Waals surface area contributed by atoms with Crippen molar-refractivity contribution in [3.05, 3.63) is 12.7 Å². The van der Waals surface area contributed by atoms with Gasteiger partial charge in [0.25, 0.3) is 0 Å². The predicted molar refractivity (Wildman–Crippen MR) is 52.0 cm³/mol. The Hall–Kier alpha value is -1.32. The third-order valence-electron chi connectivity index (χ3n) is 1.28. The van der Waals surface area contributed by atoms with E-state index in [1.807, 2.05) is 4.72 Å². The highest BCUT2D eigenvalue weighted by molar-refractivity contribution is 7.89. The van der Waals surface area contributed by atoms with Crippen molar-refractivity contribution in [3.8, 4) is 12.3 Å². The molecule has 0 amide bonds. The summed E-state index contributed by atoms with van der Waals surface area (Å²) in [5, 5.41) is 8.59. The van der Waals surface area contributed by atoms with E-state index >= 15 is 0 Å². The second kappa shape index (κ2) is 5.42. The molecule has 0 radical (unpaired) electrons. The van der Waals surface area contributed by atoms with Gasteiger partial charge in [0, 0.05) is 6.42 Å². The molecule has 5 nitrogen and oxygen atoms in total. The summed E-state index contributed by atoms with van der Waals surface area (Å²) in [6.07, 6.45) is 5.87. The third-order valence-corrected chi connectivity index (χ3v) is 2.60. The summed E-state index contributed by atoms with van der Waals surface area (Å²) in [5.74, 6) is 0.452. The monoisotopic (exact) mass is 217 g/mol. The molecule has 1 unspecified atom stereocenters. The van der Waals surface area contributed by atoms with E-state index < -0.39 is 22.0 Å².